The van der Waals surface area contributed by atoms with Crippen molar-refractivity contribution in [2.75, 3.05) is 26.2 Å². The summed E-state index contributed by atoms with van der Waals surface area (Å²) < 4.78 is 11.1. The SMILES string of the molecule is Cc1ccc(C(=O)N(CC(=O)N(Cc2ccco2)CC2CCCO2)CC(C)C)cc1[N+](=O)[O-]. The number of carbonyl (C=O) groups is 2. The lowest BCUT2D eigenvalue weighted by Gasteiger charge is -2.29. The van der Waals surface area contributed by atoms with E-state index < -0.39 is 10.8 Å². The number of rotatable bonds is 10. The zero-order valence-electron chi connectivity index (χ0n) is 19.4. The van der Waals surface area contributed by atoms with E-state index in [-0.39, 0.29) is 42.3 Å². The predicted molar refractivity (Wildman–Crippen MR) is 122 cm³/mol. The van der Waals surface area contributed by atoms with Crippen LogP contribution in [0.15, 0.2) is 41.0 Å². The largest absolute Gasteiger partial charge is 0.467 e. The molecule has 0 spiro atoms. The minimum absolute atomic E-state index is 0.0436. The van der Waals surface area contributed by atoms with E-state index in [4.69, 9.17) is 9.15 Å². The zero-order valence-corrected chi connectivity index (χ0v) is 19.4. The third-order valence-electron chi connectivity index (χ3n) is 5.58. The van der Waals surface area contributed by atoms with Crippen molar-refractivity contribution in [2.24, 2.45) is 5.92 Å². The molecular formula is C24H31N3O6. The van der Waals surface area contributed by atoms with Crippen LogP contribution in [0.4, 0.5) is 5.69 Å². The number of benzene rings is 1. The van der Waals surface area contributed by atoms with E-state index in [2.05, 4.69) is 0 Å². The molecule has 1 unspecified atom stereocenters. The maximum absolute atomic E-state index is 13.3. The summed E-state index contributed by atoms with van der Waals surface area (Å²) in [4.78, 5) is 40.6. The van der Waals surface area contributed by atoms with E-state index >= 15 is 0 Å². The molecule has 2 amide bonds. The molecule has 9 nitrogen and oxygen atoms in total. The van der Waals surface area contributed by atoms with Gasteiger partial charge >= 0.3 is 0 Å². The van der Waals surface area contributed by atoms with Gasteiger partial charge in [-0.3, -0.25) is 19.7 Å². The summed E-state index contributed by atoms with van der Waals surface area (Å²) in [6.07, 6.45) is 3.35. The number of amides is 2. The van der Waals surface area contributed by atoms with Crippen molar-refractivity contribution < 1.29 is 23.7 Å². The summed E-state index contributed by atoms with van der Waals surface area (Å²) >= 11 is 0. The van der Waals surface area contributed by atoms with Crippen molar-refractivity contribution in [3.63, 3.8) is 0 Å². The maximum Gasteiger partial charge on any atom is 0.273 e. The Balaban J connectivity index is 1.80. The Morgan fingerprint density at radius 2 is 2.03 bits per heavy atom. The number of nitro benzene ring substituents is 1. The third kappa shape index (κ3) is 6.64. The van der Waals surface area contributed by atoms with Crippen LogP contribution in [0, 0.1) is 23.0 Å². The first kappa shape index (κ1) is 24.4. The molecular weight excluding hydrogens is 426 g/mol. The lowest BCUT2D eigenvalue weighted by Crippen LogP contribution is -2.46. The number of furan rings is 1. The first-order valence-corrected chi connectivity index (χ1v) is 11.2. The van der Waals surface area contributed by atoms with Gasteiger partial charge in [0.25, 0.3) is 11.6 Å². The standard InChI is InChI=1S/C24H31N3O6/c1-17(2)13-26(24(29)19-9-8-18(3)22(12-19)27(30)31)16-23(28)25(14-20-6-4-10-32-20)15-21-7-5-11-33-21/h4,6,8-10,12,17,21H,5,7,11,13-16H2,1-3H3. The quantitative estimate of drug-likeness (QED) is 0.397. The fraction of sp³-hybridized carbons (Fsp3) is 0.500. The number of hydrogen-bond acceptors (Lipinski definition) is 6. The first-order valence-electron chi connectivity index (χ1n) is 11.2. The van der Waals surface area contributed by atoms with Crippen LogP contribution in [-0.2, 0) is 16.1 Å². The Bertz CT molecular complexity index is 967. The Morgan fingerprint density at radius 1 is 1.24 bits per heavy atom. The number of carbonyl (C=O) groups excluding carboxylic acids is 2. The Hall–Kier alpha value is -3.20. The molecule has 1 aromatic heterocycles. The highest BCUT2D eigenvalue weighted by atomic mass is 16.6. The van der Waals surface area contributed by atoms with E-state index in [9.17, 15) is 19.7 Å². The smallest absolute Gasteiger partial charge is 0.273 e. The molecule has 1 aliphatic heterocycles. The van der Waals surface area contributed by atoms with Gasteiger partial charge in [-0.05, 0) is 43.9 Å². The molecule has 178 valence electrons. The monoisotopic (exact) mass is 457 g/mol. The Labute approximate surface area is 193 Å². The molecule has 0 saturated carbocycles. The second-order valence-electron chi connectivity index (χ2n) is 8.83. The van der Waals surface area contributed by atoms with Crippen molar-refractivity contribution >= 4 is 17.5 Å². The molecule has 1 aromatic carbocycles. The normalized spacial score (nSPS) is 15.6. The van der Waals surface area contributed by atoms with Gasteiger partial charge in [0.15, 0.2) is 0 Å². The van der Waals surface area contributed by atoms with Crippen LogP contribution < -0.4 is 0 Å². The van der Waals surface area contributed by atoms with E-state index in [0.29, 0.717) is 31.0 Å². The maximum atomic E-state index is 13.3. The highest BCUT2D eigenvalue weighted by molar-refractivity contribution is 5.97. The van der Waals surface area contributed by atoms with Crippen molar-refractivity contribution in [1.29, 1.82) is 0 Å². The summed E-state index contributed by atoms with van der Waals surface area (Å²) in [6, 6.07) is 7.97. The summed E-state index contributed by atoms with van der Waals surface area (Å²) in [5.74, 6) is 0.129. The van der Waals surface area contributed by atoms with Crippen molar-refractivity contribution in [3.05, 3.63) is 63.6 Å². The fourth-order valence-electron chi connectivity index (χ4n) is 3.92. The van der Waals surface area contributed by atoms with Crippen LogP contribution in [0.3, 0.4) is 0 Å². The number of nitrogens with zero attached hydrogens (tertiary/aromatic N) is 3. The number of nitro groups is 1. The van der Waals surface area contributed by atoms with E-state index in [0.717, 1.165) is 12.8 Å². The number of hydrogen-bond donors (Lipinski definition) is 0. The average molecular weight is 458 g/mol. The number of aryl methyl sites for hydroxylation is 1. The molecule has 0 aliphatic carbocycles. The predicted octanol–water partition coefficient (Wildman–Crippen LogP) is 3.80. The van der Waals surface area contributed by atoms with Gasteiger partial charge in [-0.15, -0.1) is 0 Å². The first-order chi connectivity index (χ1) is 15.7. The Kier molecular flexibility index (Phi) is 8.21. The molecule has 3 rings (SSSR count). The van der Waals surface area contributed by atoms with Gasteiger partial charge in [0, 0.05) is 36.9 Å². The van der Waals surface area contributed by atoms with Gasteiger partial charge in [-0.1, -0.05) is 19.9 Å². The van der Waals surface area contributed by atoms with Crippen LogP contribution in [0.5, 0.6) is 0 Å². The van der Waals surface area contributed by atoms with E-state index in [1.807, 2.05) is 13.8 Å². The van der Waals surface area contributed by atoms with Crippen molar-refractivity contribution in [3.8, 4) is 0 Å². The van der Waals surface area contributed by atoms with Crippen LogP contribution in [0.25, 0.3) is 0 Å². The summed E-state index contributed by atoms with van der Waals surface area (Å²) in [6.45, 7) is 7.12. The highest BCUT2D eigenvalue weighted by Gasteiger charge is 2.28. The molecule has 0 N–H and O–H groups in total. The highest BCUT2D eigenvalue weighted by Crippen LogP contribution is 2.21. The summed E-state index contributed by atoms with van der Waals surface area (Å²) in [7, 11) is 0. The molecule has 2 heterocycles. The topological polar surface area (TPSA) is 106 Å². The van der Waals surface area contributed by atoms with E-state index in [1.54, 1.807) is 42.4 Å². The van der Waals surface area contributed by atoms with Gasteiger partial charge in [0.05, 0.1) is 23.8 Å². The molecule has 1 fully saturated rings. The van der Waals surface area contributed by atoms with Crippen molar-refractivity contribution in [1.82, 2.24) is 9.80 Å². The molecule has 1 atom stereocenters. The molecule has 2 aromatic rings. The van der Waals surface area contributed by atoms with Gasteiger partial charge < -0.3 is 19.0 Å². The molecule has 0 bridgehead atoms. The van der Waals surface area contributed by atoms with Crippen LogP contribution in [0.2, 0.25) is 0 Å². The summed E-state index contributed by atoms with van der Waals surface area (Å²) in [5, 5.41) is 11.3. The summed E-state index contributed by atoms with van der Waals surface area (Å²) in [5.41, 5.74) is 0.552. The third-order valence-corrected chi connectivity index (χ3v) is 5.58. The molecule has 9 heteroatoms. The lowest BCUT2D eigenvalue weighted by molar-refractivity contribution is -0.385. The van der Waals surface area contributed by atoms with Gasteiger partial charge in [0.2, 0.25) is 5.91 Å². The second-order valence-corrected chi connectivity index (χ2v) is 8.83. The lowest BCUT2D eigenvalue weighted by atomic mass is 10.1. The second kappa shape index (κ2) is 11.1. The van der Waals surface area contributed by atoms with Gasteiger partial charge in [-0.25, -0.2) is 0 Å². The fourth-order valence-corrected chi connectivity index (χ4v) is 3.92. The van der Waals surface area contributed by atoms with Crippen LogP contribution in [-0.4, -0.2) is 58.9 Å². The molecule has 1 saturated heterocycles. The van der Waals surface area contributed by atoms with Crippen molar-refractivity contribution in [2.45, 2.75) is 46.3 Å². The average Bonchev–Trinajstić information content (AvgIpc) is 3.46. The molecule has 1 aliphatic rings. The van der Waals surface area contributed by atoms with Crippen LogP contribution in [0.1, 0.15) is 48.4 Å². The minimum Gasteiger partial charge on any atom is -0.467 e. The zero-order chi connectivity index (χ0) is 24.0. The van der Waals surface area contributed by atoms with Gasteiger partial charge in [0.1, 0.15) is 12.3 Å². The Morgan fingerprint density at radius 3 is 2.64 bits per heavy atom. The van der Waals surface area contributed by atoms with Crippen LogP contribution >= 0.6 is 0 Å². The minimum atomic E-state index is -0.503. The van der Waals surface area contributed by atoms with Gasteiger partial charge in [-0.2, -0.15) is 0 Å². The number of ether oxygens (including phenoxy) is 1. The molecule has 0 radical (unpaired) electrons. The molecule has 33 heavy (non-hydrogen) atoms. The van der Waals surface area contributed by atoms with E-state index in [1.165, 1.54) is 11.0 Å².